The Bertz CT molecular complexity index is 431. The van der Waals surface area contributed by atoms with Crippen LogP contribution in [-0.4, -0.2) is 53.4 Å². The van der Waals surface area contributed by atoms with Crippen LogP contribution in [0.2, 0.25) is 0 Å². The van der Waals surface area contributed by atoms with Gasteiger partial charge in [0, 0.05) is 29.4 Å². The Morgan fingerprint density at radius 3 is 2.79 bits per heavy atom. The van der Waals surface area contributed by atoms with Crippen molar-refractivity contribution in [3.8, 4) is 0 Å². The number of carbonyl (C=O) groups is 1. The summed E-state index contributed by atoms with van der Waals surface area (Å²) in [6, 6.07) is 2.37. The van der Waals surface area contributed by atoms with Gasteiger partial charge in [0.2, 0.25) is 0 Å². The van der Waals surface area contributed by atoms with E-state index in [2.05, 4.69) is 4.90 Å². The third-order valence-corrected chi connectivity index (χ3v) is 4.22. The van der Waals surface area contributed by atoms with Gasteiger partial charge in [-0.3, -0.25) is 9.69 Å². The number of carboxylic acid groups (broad SMARTS) is 1. The zero-order chi connectivity index (χ0) is 13.8. The molecular weight excluding hydrogens is 268 g/mol. The quantitative estimate of drug-likeness (QED) is 0.706. The summed E-state index contributed by atoms with van der Waals surface area (Å²) in [6.07, 6.45) is -1.15. The zero-order valence-corrected chi connectivity index (χ0v) is 11.3. The van der Waals surface area contributed by atoms with E-state index in [0.717, 1.165) is 37.7 Å². The van der Waals surface area contributed by atoms with Gasteiger partial charge in [-0.05, 0) is 12.1 Å². The molecule has 0 saturated carbocycles. The number of aliphatic hydroxyl groups is 1. The molecule has 2 atom stereocenters. The van der Waals surface area contributed by atoms with Crippen LogP contribution in [0.15, 0.2) is 12.1 Å². The van der Waals surface area contributed by atoms with Crippen LogP contribution in [0.3, 0.4) is 0 Å². The second-order valence-electron chi connectivity index (χ2n) is 4.50. The van der Waals surface area contributed by atoms with Crippen LogP contribution in [-0.2, 0) is 16.1 Å². The van der Waals surface area contributed by atoms with Gasteiger partial charge in [0.1, 0.15) is 12.1 Å². The van der Waals surface area contributed by atoms with Gasteiger partial charge in [0.05, 0.1) is 13.2 Å². The summed E-state index contributed by atoms with van der Waals surface area (Å²) in [5.41, 5.74) is 5.42. The number of hydrogen-bond donors (Lipinski definition) is 3. The lowest BCUT2D eigenvalue weighted by Crippen LogP contribution is -2.36. The summed E-state index contributed by atoms with van der Waals surface area (Å²) in [6.45, 7) is 4.06. The number of rotatable bonds is 5. The van der Waals surface area contributed by atoms with E-state index in [1.54, 1.807) is 6.07 Å². The molecule has 4 N–H and O–H groups in total. The molecule has 2 unspecified atom stereocenters. The molecule has 2 rings (SSSR count). The van der Waals surface area contributed by atoms with Gasteiger partial charge in [0.15, 0.2) is 0 Å². The van der Waals surface area contributed by atoms with E-state index in [9.17, 15) is 9.90 Å². The highest BCUT2D eigenvalue weighted by Crippen LogP contribution is 2.26. The monoisotopic (exact) mass is 286 g/mol. The molecule has 106 valence electrons. The highest BCUT2D eigenvalue weighted by atomic mass is 32.1. The van der Waals surface area contributed by atoms with Crippen molar-refractivity contribution < 1.29 is 19.7 Å². The van der Waals surface area contributed by atoms with Crippen LogP contribution in [0, 0.1) is 0 Å². The minimum absolute atomic E-state index is 0.596. The van der Waals surface area contributed by atoms with Crippen LogP contribution in [0.25, 0.3) is 0 Å². The fourth-order valence-corrected chi connectivity index (χ4v) is 3.02. The van der Waals surface area contributed by atoms with Gasteiger partial charge in [-0.2, -0.15) is 0 Å². The molecule has 19 heavy (non-hydrogen) atoms. The first-order valence-corrected chi connectivity index (χ1v) is 6.94. The highest BCUT2D eigenvalue weighted by molar-refractivity contribution is 7.12. The fraction of sp³-hybridized carbons (Fsp3) is 0.583. The van der Waals surface area contributed by atoms with Crippen LogP contribution < -0.4 is 5.73 Å². The van der Waals surface area contributed by atoms with Gasteiger partial charge < -0.3 is 20.7 Å². The maximum Gasteiger partial charge on any atom is 0.323 e. The molecule has 2 heterocycles. The Labute approximate surface area is 115 Å². The summed E-state index contributed by atoms with van der Waals surface area (Å²) < 4.78 is 5.28. The summed E-state index contributed by atoms with van der Waals surface area (Å²) in [5.74, 6) is -1.20. The number of morpholine rings is 1. The van der Waals surface area contributed by atoms with E-state index >= 15 is 0 Å². The fourth-order valence-electron chi connectivity index (χ4n) is 1.93. The first kappa shape index (κ1) is 14.4. The summed E-state index contributed by atoms with van der Waals surface area (Å²) in [4.78, 5) is 14.7. The molecule has 0 amide bonds. The first-order chi connectivity index (χ1) is 9.08. The molecule has 1 aromatic rings. The number of ether oxygens (including phenoxy) is 1. The standard InChI is InChI=1S/C12H18N2O4S/c13-10(12(16)17)11(15)9-2-1-8(19-9)7-14-3-5-18-6-4-14/h1-2,10-11,15H,3-7,13H2,(H,16,17). The maximum absolute atomic E-state index is 10.7. The first-order valence-electron chi connectivity index (χ1n) is 6.13. The average molecular weight is 286 g/mol. The van der Waals surface area contributed by atoms with Gasteiger partial charge in [-0.1, -0.05) is 0 Å². The van der Waals surface area contributed by atoms with E-state index < -0.39 is 18.1 Å². The van der Waals surface area contributed by atoms with Gasteiger partial charge in [-0.25, -0.2) is 0 Å². The second-order valence-corrected chi connectivity index (χ2v) is 5.70. The highest BCUT2D eigenvalue weighted by Gasteiger charge is 2.25. The van der Waals surface area contributed by atoms with Crippen molar-refractivity contribution in [2.75, 3.05) is 26.3 Å². The van der Waals surface area contributed by atoms with Crippen molar-refractivity contribution in [1.82, 2.24) is 4.90 Å². The average Bonchev–Trinajstić information content (AvgIpc) is 2.86. The van der Waals surface area contributed by atoms with Gasteiger partial charge in [0.25, 0.3) is 0 Å². The number of aliphatic hydroxyl groups excluding tert-OH is 1. The molecule has 0 radical (unpaired) electrons. The molecule has 1 aliphatic rings. The van der Waals surface area contributed by atoms with Crippen LogP contribution in [0.5, 0.6) is 0 Å². The van der Waals surface area contributed by atoms with E-state index in [4.69, 9.17) is 15.6 Å². The number of nitrogens with two attached hydrogens (primary N) is 1. The van der Waals surface area contributed by atoms with Crippen LogP contribution in [0.1, 0.15) is 15.9 Å². The number of hydrogen-bond acceptors (Lipinski definition) is 6. The summed E-state index contributed by atoms with van der Waals surface area (Å²) in [7, 11) is 0. The SMILES string of the molecule is NC(C(=O)O)C(O)c1ccc(CN2CCOCC2)s1. The minimum Gasteiger partial charge on any atom is -0.480 e. The van der Waals surface area contributed by atoms with Gasteiger partial charge >= 0.3 is 5.97 Å². The smallest absolute Gasteiger partial charge is 0.323 e. The van der Waals surface area contributed by atoms with E-state index in [0.29, 0.717) is 4.88 Å². The largest absolute Gasteiger partial charge is 0.480 e. The molecule has 0 spiro atoms. The lowest BCUT2D eigenvalue weighted by atomic mass is 10.1. The summed E-state index contributed by atoms with van der Waals surface area (Å²) in [5, 5.41) is 18.6. The van der Waals surface area contributed by atoms with Crippen LogP contribution >= 0.6 is 11.3 Å². The number of aliphatic carboxylic acids is 1. The molecule has 1 fully saturated rings. The molecule has 0 aromatic carbocycles. The molecule has 0 aliphatic carbocycles. The summed E-state index contributed by atoms with van der Waals surface area (Å²) >= 11 is 1.40. The molecule has 7 heteroatoms. The molecule has 6 nitrogen and oxygen atoms in total. The van der Waals surface area contributed by atoms with E-state index in [1.807, 2.05) is 6.07 Å². The van der Waals surface area contributed by atoms with Crippen LogP contribution in [0.4, 0.5) is 0 Å². The number of nitrogens with zero attached hydrogens (tertiary/aromatic N) is 1. The van der Waals surface area contributed by atoms with Crippen molar-refractivity contribution >= 4 is 17.3 Å². The third kappa shape index (κ3) is 3.74. The van der Waals surface area contributed by atoms with Crippen molar-refractivity contribution in [3.63, 3.8) is 0 Å². The number of carboxylic acids is 1. The van der Waals surface area contributed by atoms with E-state index in [1.165, 1.54) is 11.3 Å². The maximum atomic E-state index is 10.7. The van der Waals surface area contributed by atoms with E-state index in [-0.39, 0.29) is 0 Å². The Balaban J connectivity index is 1.96. The Kier molecular flexibility index (Phi) is 4.89. The van der Waals surface area contributed by atoms with Crippen molar-refractivity contribution in [2.45, 2.75) is 18.7 Å². The molecule has 1 aromatic heterocycles. The Morgan fingerprint density at radius 1 is 1.47 bits per heavy atom. The molecular formula is C12H18N2O4S. The normalized spacial score (nSPS) is 20.1. The topological polar surface area (TPSA) is 96.0 Å². The van der Waals surface area contributed by atoms with Crippen molar-refractivity contribution in [2.24, 2.45) is 5.73 Å². The third-order valence-electron chi connectivity index (χ3n) is 3.08. The molecule has 1 aliphatic heterocycles. The minimum atomic E-state index is -1.28. The van der Waals surface area contributed by atoms with Gasteiger partial charge in [-0.15, -0.1) is 11.3 Å². The molecule has 0 bridgehead atoms. The zero-order valence-electron chi connectivity index (χ0n) is 10.5. The lowest BCUT2D eigenvalue weighted by Gasteiger charge is -2.25. The Morgan fingerprint density at radius 2 is 2.16 bits per heavy atom. The van der Waals surface area contributed by atoms with Crippen molar-refractivity contribution in [3.05, 3.63) is 21.9 Å². The second kappa shape index (κ2) is 6.44. The Hall–Kier alpha value is -0.990. The predicted octanol–water partition coefficient (Wildman–Crippen LogP) is 0.0256. The lowest BCUT2D eigenvalue weighted by molar-refractivity contribution is -0.141. The number of thiophene rings is 1. The van der Waals surface area contributed by atoms with Crippen molar-refractivity contribution in [1.29, 1.82) is 0 Å². The predicted molar refractivity (Wildman–Crippen MR) is 71.0 cm³/mol. The molecule has 1 saturated heterocycles.